The lowest BCUT2D eigenvalue weighted by Gasteiger charge is -2.26. The van der Waals surface area contributed by atoms with Crippen molar-refractivity contribution in [3.63, 3.8) is 0 Å². The summed E-state index contributed by atoms with van der Waals surface area (Å²) < 4.78 is 53.5. The number of nitrogens with one attached hydrogen (secondary N) is 1. The van der Waals surface area contributed by atoms with Gasteiger partial charge in [0.05, 0.1) is 41.8 Å². The minimum absolute atomic E-state index is 0.00117. The van der Waals surface area contributed by atoms with E-state index >= 15 is 0 Å². The largest absolute Gasteiger partial charge is 0.365 e. The van der Waals surface area contributed by atoms with E-state index < -0.39 is 28.4 Å². The minimum atomic E-state index is -3.35. The van der Waals surface area contributed by atoms with E-state index in [1.165, 1.54) is 12.1 Å². The number of anilines is 1. The molecule has 1 saturated heterocycles. The molecule has 0 radical (unpaired) electrons. The molecule has 188 valence electrons. The third kappa shape index (κ3) is 6.75. The SMILES string of the molecule is CCS(=O)(=O)c1ccc([C@H](CC#N)NC(=O)c2ccc(N3C[C@@H](N)C[C@H]3COC(F)F)cc2)cc1. The number of carbonyl (C=O) groups excluding carboxylic acids is 1. The Morgan fingerprint density at radius 2 is 1.89 bits per heavy atom. The van der Waals surface area contributed by atoms with Gasteiger partial charge in [0, 0.05) is 23.8 Å². The Morgan fingerprint density at radius 1 is 1.23 bits per heavy atom. The van der Waals surface area contributed by atoms with Crippen molar-refractivity contribution in [2.45, 2.75) is 49.4 Å². The second kappa shape index (κ2) is 11.6. The first-order valence-electron chi connectivity index (χ1n) is 11.2. The molecule has 2 aromatic rings. The molecule has 0 saturated carbocycles. The number of halogens is 2. The summed E-state index contributed by atoms with van der Waals surface area (Å²) in [5.41, 5.74) is 7.71. The maximum Gasteiger partial charge on any atom is 0.345 e. The molecule has 1 amide bonds. The van der Waals surface area contributed by atoms with Gasteiger partial charge in [0.15, 0.2) is 9.84 Å². The van der Waals surface area contributed by atoms with Crippen LogP contribution in [0.15, 0.2) is 53.4 Å². The van der Waals surface area contributed by atoms with E-state index in [9.17, 15) is 27.3 Å². The predicted octanol–water partition coefficient (Wildman–Crippen LogP) is 3.01. The number of ether oxygens (including phenoxy) is 1. The van der Waals surface area contributed by atoms with E-state index in [0.717, 1.165) is 5.69 Å². The normalized spacial score (nSPS) is 18.9. The van der Waals surface area contributed by atoms with Crippen LogP contribution in [0.2, 0.25) is 0 Å². The molecule has 1 aliphatic rings. The van der Waals surface area contributed by atoms with Gasteiger partial charge in [-0.25, -0.2) is 8.42 Å². The Morgan fingerprint density at radius 3 is 2.46 bits per heavy atom. The Kier molecular flexibility index (Phi) is 8.77. The molecule has 0 aromatic heterocycles. The second-order valence-corrected chi connectivity index (χ2v) is 10.6. The van der Waals surface area contributed by atoms with Crippen molar-refractivity contribution in [1.29, 1.82) is 5.26 Å². The molecule has 8 nitrogen and oxygen atoms in total. The summed E-state index contributed by atoms with van der Waals surface area (Å²) in [5.74, 6) is -0.429. The van der Waals surface area contributed by atoms with Gasteiger partial charge in [0.25, 0.3) is 5.91 Å². The first-order chi connectivity index (χ1) is 16.6. The van der Waals surface area contributed by atoms with Crippen LogP contribution in [0, 0.1) is 11.3 Å². The summed E-state index contributed by atoms with van der Waals surface area (Å²) >= 11 is 0. The summed E-state index contributed by atoms with van der Waals surface area (Å²) in [6.07, 6.45) is 0.518. The van der Waals surface area contributed by atoms with Gasteiger partial charge in [0.1, 0.15) is 0 Å². The second-order valence-electron chi connectivity index (χ2n) is 8.30. The zero-order chi connectivity index (χ0) is 25.6. The van der Waals surface area contributed by atoms with Crippen molar-refractivity contribution in [1.82, 2.24) is 5.32 Å². The number of nitrogens with zero attached hydrogens (tertiary/aromatic N) is 2. The summed E-state index contributed by atoms with van der Waals surface area (Å²) in [7, 11) is -3.35. The first-order valence-corrected chi connectivity index (χ1v) is 12.8. The minimum Gasteiger partial charge on any atom is -0.365 e. The highest BCUT2D eigenvalue weighted by Gasteiger charge is 2.31. The van der Waals surface area contributed by atoms with E-state index in [-0.39, 0.29) is 35.8 Å². The van der Waals surface area contributed by atoms with Gasteiger partial charge in [-0.1, -0.05) is 19.1 Å². The average molecular weight is 507 g/mol. The number of carbonyl (C=O) groups is 1. The Hall–Kier alpha value is -3.07. The summed E-state index contributed by atoms with van der Waals surface area (Å²) in [6, 6.07) is 13.7. The van der Waals surface area contributed by atoms with E-state index in [0.29, 0.717) is 24.1 Å². The predicted molar refractivity (Wildman–Crippen MR) is 127 cm³/mol. The molecule has 0 aliphatic carbocycles. The number of sulfone groups is 1. The van der Waals surface area contributed by atoms with Crippen molar-refractivity contribution in [2.75, 3.05) is 23.8 Å². The van der Waals surface area contributed by atoms with Crippen molar-refractivity contribution in [3.8, 4) is 6.07 Å². The van der Waals surface area contributed by atoms with E-state index in [1.54, 1.807) is 43.3 Å². The summed E-state index contributed by atoms with van der Waals surface area (Å²) in [5, 5.41) is 12.0. The third-order valence-corrected chi connectivity index (χ3v) is 7.70. The monoisotopic (exact) mass is 506 g/mol. The van der Waals surface area contributed by atoms with Crippen LogP contribution in [0.5, 0.6) is 0 Å². The number of rotatable bonds is 10. The number of hydrogen-bond acceptors (Lipinski definition) is 7. The zero-order valence-corrected chi connectivity index (χ0v) is 20.0. The van der Waals surface area contributed by atoms with Crippen LogP contribution in [0.3, 0.4) is 0 Å². The number of benzene rings is 2. The van der Waals surface area contributed by atoms with Gasteiger partial charge >= 0.3 is 6.61 Å². The lowest BCUT2D eigenvalue weighted by atomic mass is 10.0. The molecule has 1 aliphatic heterocycles. The van der Waals surface area contributed by atoms with Crippen LogP contribution >= 0.6 is 0 Å². The van der Waals surface area contributed by atoms with Gasteiger partial charge in [0.2, 0.25) is 0 Å². The van der Waals surface area contributed by atoms with Gasteiger partial charge in [-0.05, 0) is 48.4 Å². The van der Waals surface area contributed by atoms with E-state index in [1.807, 2.05) is 11.0 Å². The lowest BCUT2D eigenvalue weighted by Crippen LogP contribution is -2.34. The highest BCUT2D eigenvalue weighted by molar-refractivity contribution is 7.91. The van der Waals surface area contributed by atoms with Crippen LogP contribution in [-0.2, 0) is 14.6 Å². The van der Waals surface area contributed by atoms with Gasteiger partial charge in [-0.15, -0.1) is 0 Å². The van der Waals surface area contributed by atoms with Gasteiger partial charge < -0.3 is 20.7 Å². The molecule has 1 fully saturated rings. The summed E-state index contributed by atoms with van der Waals surface area (Å²) in [4.78, 5) is 14.9. The molecule has 2 aromatic carbocycles. The maximum absolute atomic E-state index is 12.8. The number of amides is 1. The number of nitriles is 1. The van der Waals surface area contributed by atoms with Crippen molar-refractivity contribution < 1.29 is 26.7 Å². The molecule has 0 unspecified atom stereocenters. The van der Waals surface area contributed by atoms with Crippen molar-refractivity contribution in [2.24, 2.45) is 5.73 Å². The molecule has 1 heterocycles. The van der Waals surface area contributed by atoms with Crippen LogP contribution in [-0.4, -0.2) is 51.9 Å². The highest BCUT2D eigenvalue weighted by atomic mass is 32.2. The zero-order valence-electron chi connectivity index (χ0n) is 19.2. The standard InChI is InChI=1S/C24H28F2N4O4S/c1-2-35(32,33)21-9-5-16(6-10-21)22(11-12-27)29-23(31)17-3-7-19(8-4-17)30-14-18(28)13-20(30)15-34-24(25)26/h3-10,18,20,22,24H,2,11,13-15,28H2,1H3,(H,29,31)/t18-,20-,22-/m0/s1. The smallest absolute Gasteiger partial charge is 0.345 e. The Labute approximate surface area is 203 Å². The van der Waals surface area contributed by atoms with Gasteiger partial charge in [-0.2, -0.15) is 14.0 Å². The quantitative estimate of drug-likeness (QED) is 0.507. The Bertz CT molecular complexity index is 1150. The molecule has 3 rings (SSSR count). The number of hydrogen-bond donors (Lipinski definition) is 2. The fraction of sp³-hybridized carbons (Fsp3) is 0.417. The fourth-order valence-electron chi connectivity index (χ4n) is 4.07. The first kappa shape index (κ1) is 26.5. The topological polar surface area (TPSA) is 126 Å². The number of nitrogens with two attached hydrogens (primary N) is 1. The molecule has 0 bridgehead atoms. The van der Waals surface area contributed by atoms with Crippen LogP contribution in [0.1, 0.15) is 41.7 Å². The van der Waals surface area contributed by atoms with Crippen molar-refractivity contribution in [3.05, 3.63) is 59.7 Å². The molecule has 35 heavy (non-hydrogen) atoms. The average Bonchev–Trinajstić information content (AvgIpc) is 3.23. The molecular formula is C24H28F2N4O4S. The lowest BCUT2D eigenvalue weighted by molar-refractivity contribution is -0.131. The highest BCUT2D eigenvalue weighted by Crippen LogP contribution is 2.27. The van der Waals surface area contributed by atoms with Crippen molar-refractivity contribution >= 4 is 21.4 Å². The number of alkyl halides is 2. The van der Waals surface area contributed by atoms with Crippen LogP contribution in [0.4, 0.5) is 14.5 Å². The maximum atomic E-state index is 12.8. The molecule has 3 N–H and O–H groups in total. The van der Waals surface area contributed by atoms with Crippen LogP contribution in [0.25, 0.3) is 0 Å². The Balaban J connectivity index is 1.71. The fourth-order valence-corrected chi connectivity index (χ4v) is 4.96. The molecule has 11 heteroatoms. The third-order valence-electron chi connectivity index (χ3n) is 5.94. The molecule has 0 spiro atoms. The molecule has 3 atom stereocenters. The van der Waals surface area contributed by atoms with Gasteiger partial charge in [-0.3, -0.25) is 4.79 Å². The summed E-state index contributed by atoms with van der Waals surface area (Å²) in [6.45, 7) is -0.963. The molecular weight excluding hydrogens is 478 g/mol. The van der Waals surface area contributed by atoms with E-state index in [4.69, 9.17) is 5.73 Å². The van der Waals surface area contributed by atoms with Crippen LogP contribution < -0.4 is 16.0 Å². The van der Waals surface area contributed by atoms with E-state index in [2.05, 4.69) is 10.1 Å².